The van der Waals surface area contributed by atoms with Gasteiger partial charge < -0.3 is 24.4 Å². The Kier molecular flexibility index (Phi) is 4.97. The van der Waals surface area contributed by atoms with Gasteiger partial charge in [0.25, 0.3) is 0 Å². The number of rotatable bonds is 2. The Balaban J connectivity index is 1.80. The van der Waals surface area contributed by atoms with E-state index >= 15 is 0 Å². The van der Waals surface area contributed by atoms with Crippen molar-refractivity contribution in [1.82, 2.24) is 10.2 Å². The zero-order valence-corrected chi connectivity index (χ0v) is 13.8. The highest BCUT2D eigenvalue weighted by Gasteiger charge is 2.41. The highest BCUT2D eigenvalue weighted by atomic mass is 16.7. The molecule has 2 heterocycles. The summed E-state index contributed by atoms with van der Waals surface area (Å²) in [4.78, 5) is 25.8. The first-order valence-corrected chi connectivity index (χ1v) is 7.77. The lowest BCUT2D eigenvalue weighted by Gasteiger charge is -2.38. The highest BCUT2D eigenvalue weighted by Crippen LogP contribution is 2.31. The fraction of sp³-hybridized carbons (Fsp3) is 0.867. The van der Waals surface area contributed by atoms with Crippen LogP contribution in [0.2, 0.25) is 0 Å². The van der Waals surface area contributed by atoms with Crippen LogP contribution in [0.15, 0.2) is 0 Å². The second-order valence-electron chi connectivity index (χ2n) is 6.80. The lowest BCUT2D eigenvalue weighted by atomic mass is 10.0. The van der Waals surface area contributed by atoms with Crippen LogP contribution in [0, 0.1) is 0 Å². The van der Waals surface area contributed by atoms with Crippen molar-refractivity contribution >= 4 is 12.0 Å². The van der Waals surface area contributed by atoms with Gasteiger partial charge in [-0.1, -0.05) is 0 Å². The Hall–Kier alpha value is -1.34. The molecule has 0 aromatic heterocycles. The molecule has 2 aliphatic heterocycles. The molecule has 1 unspecified atom stereocenters. The minimum atomic E-state index is -0.616. The number of likely N-dealkylation sites (tertiary alicyclic amines) is 1. The van der Waals surface area contributed by atoms with E-state index in [1.165, 1.54) is 0 Å². The Morgan fingerprint density at radius 2 is 1.73 bits per heavy atom. The lowest BCUT2D eigenvalue weighted by molar-refractivity contribution is -0.187. The van der Waals surface area contributed by atoms with Gasteiger partial charge in [0.15, 0.2) is 5.79 Å². The molecule has 2 aliphatic rings. The molecule has 2 rings (SSSR count). The van der Waals surface area contributed by atoms with Gasteiger partial charge in [0.2, 0.25) is 5.91 Å². The molecule has 22 heavy (non-hydrogen) atoms. The van der Waals surface area contributed by atoms with Gasteiger partial charge in [0.05, 0.1) is 13.2 Å². The van der Waals surface area contributed by atoms with Crippen molar-refractivity contribution in [3.05, 3.63) is 0 Å². The zero-order chi connectivity index (χ0) is 16.4. The Morgan fingerprint density at radius 1 is 1.18 bits per heavy atom. The number of carbonyl (C=O) groups is 2. The van der Waals surface area contributed by atoms with Crippen molar-refractivity contribution in [1.29, 1.82) is 0 Å². The van der Waals surface area contributed by atoms with Crippen molar-refractivity contribution in [2.45, 2.75) is 58.0 Å². The number of alkyl carbamates (subject to hydrolysis) is 1. The summed E-state index contributed by atoms with van der Waals surface area (Å²) in [6.45, 7) is 9.38. The van der Waals surface area contributed by atoms with Crippen LogP contribution in [0.3, 0.4) is 0 Å². The van der Waals surface area contributed by atoms with E-state index in [4.69, 9.17) is 14.2 Å². The summed E-state index contributed by atoms with van der Waals surface area (Å²) < 4.78 is 16.4. The van der Waals surface area contributed by atoms with Gasteiger partial charge in [-0.3, -0.25) is 4.79 Å². The maximum atomic E-state index is 12.4. The molecule has 0 radical (unpaired) electrons. The van der Waals surface area contributed by atoms with Crippen LogP contribution >= 0.6 is 0 Å². The summed E-state index contributed by atoms with van der Waals surface area (Å²) >= 11 is 0. The van der Waals surface area contributed by atoms with E-state index in [0.29, 0.717) is 39.1 Å². The molecule has 0 saturated carbocycles. The third-order valence-electron chi connectivity index (χ3n) is 3.75. The van der Waals surface area contributed by atoms with Gasteiger partial charge in [-0.15, -0.1) is 0 Å². The first kappa shape index (κ1) is 17.0. The van der Waals surface area contributed by atoms with E-state index in [9.17, 15) is 9.59 Å². The number of amides is 2. The third-order valence-corrected chi connectivity index (χ3v) is 3.75. The van der Waals surface area contributed by atoms with Crippen LogP contribution in [0.4, 0.5) is 4.79 Å². The molecule has 0 aliphatic carbocycles. The molecule has 126 valence electrons. The van der Waals surface area contributed by atoms with Crippen LogP contribution in [0.1, 0.15) is 40.5 Å². The number of hydrogen-bond donors (Lipinski definition) is 1. The second-order valence-corrected chi connectivity index (χ2v) is 6.80. The van der Waals surface area contributed by atoms with Crippen LogP contribution in [0.25, 0.3) is 0 Å². The lowest BCUT2D eigenvalue weighted by Crippen LogP contribution is -2.53. The summed E-state index contributed by atoms with van der Waals surface area (Å²) in [5.74, 6) is -0.614. The zero-order valence-electron chi connectivity index (χ0n) is 13.8. The maximum Gasteiger partial charge on any atom is 0.408 e. The number of nitrogens with zero attached hydrogens (tertiary/aromatic N) is 1. The fourth-order valence-electron chi connectivity index (χ4n) is 2.67. The van der Waals surface area contributed by atoms with Gasteiger partial charge in [-0.25, -0.2) is 4.79 Å². The average molecular weight is 314 g/mol. The van der Waals surface area contributed by atoms with E-state index in [2.05, 4.69) is 5.32 Å². The predicted octanol–water partition coefficient (Wildman–Crippen LogP) is 1.27. The molecule has 0 aromatic rings. The number of nitrogens with one attached hydrogen (secondary N) is 1. The minimum Gasteiger partial charge on any atom is -0.444 e. The molecule has 2 saturated heterocycles. The van der Waals surface area contributed by atoms with Gasteiger partial charge in [-0.05, 0) is 27.7 Å². The normalized spacial score (nSPS) is 22.5. The topological polar surface area (TPSA) is 77.1 Å². The minimum absolute atomic E-state index is 0.112. The van der Waals surface area contributed by atoms with Gasteiger partial charge in [-0.2, -0.15) is 0 Å². The van der Waals surface area contributed by atoms with Crippen molar-refractivity contribution in [2.24, 2.45) is 0 Å². The van der Waals surface area contributed by atoms with E-state index in [-0.39, 0.29) is 5.91 Å². The Labute approximate surface area is 131 Å². The Bertz CT molecular complexity index is 416. The first-order chi connectivity index (χ1) is 10.2. The number of carbonyl (C=O) groups excluding carboxylic acids is 2. The van der Waals surface area contributed by atoms with Crippen LogP contribution in [0.5, 0.6) is 0 Å². The maximum absolute atomic E-state index is 12.4. The third kappa shape index (κ3) is 4.33. The molecule has 1 spiro atoms. The quantitative estimate of drug-likeness (QED) is 0.830. The summed E-state index contributed by atoms with van der Waals surface area (Å²) in [5.41, 5.74) is -0.582. The molecule has 0 bridgehead atoms. The second kappa shape index (κ2) is 6.42. The number of ether oxygens (including phenoxy) is 3. The first-order valence-electron chi connectivity index (χ1n) is 7.77. The SMILES string of the molecule is CC(NC(=O)OC(C)(C)C)C(=O)N1CCC2(CC1)OCCO2. The monoisotopic (exact) mass is 314 g/mol. The predicted molar refractivity (Wildman–Crippen MR) is 79.3 cm³/mol. The number of piperidine rings is 1. The van der Waals surface area contributed by atoms with E-state index in [1.807, 2.05) is 0 Å². The molecule has 7 heteroatoms. The van der Waals surface area contributed by atoms with Crippen molar-refractivity contribution in [3.8, 4) is 0 Å². The molecular weight excluding hydrogens is 288 g/mol. The van der Waals surface area contributed by atoms with Gasteiger partial charge in [0.1, 0.15) is 11.6 Å². The molecule has 2 fully saturated rings. The highest BCUT2D eigenvalue weighted by molar-refractivity contribution is 5.85. The standard InChI is InChI=1S/C15H26N2O5/c1-11(16-13(19)22-14(2,3)4)12(18)17-7-5-15(6-8-17)20-9-10-21-15/h11H,5-10H2,1-4H3,(H,16,19). The van der Waals surface area contributed by atoms with Gasteiger partial charge in [0, 0.05) is 25.9 Å². The smallest absolute Gasteiger partial charge is 0.408 e. The molecule has 1 N–H and O–H groups in total. The van der Waals surface area contributed by atoms with E-state index in [0.717, 1.165) is 0 Å². The fourth-order valence-corrected chi connectivity index (χ4v) is 2.67. The largest absolute Gasteiger partial charge is 0.444 e. The molecular formula is C15H26N2O5. The van der Waals surface area contributed by atoms with Crippen LogP contribution in [-0.2, 0) is 19.0 Å². The summed E-state index contributed by atoms with van der Waals surface area (Å²) in [5, 5.41) is 2.58. The molecule has 0 aromatic carbocycles. The van der Waals surface area contributed by atoms with E-state index in [1.54, 1.807) is 32.6 Å². The van der Waals surface area contributed by atoms with E-state index < -0.39 is 23.5 Å². The van der Waals surface area contributed by atoms with Crippen LogP contribution in [-0.4, -0.2) is 60.6 Å². The average Bonchev–Trinajstić information content (AvgIpc) is 2.85. The van der Waals surface area contributed by atoms with Crippen molar-refractivity contribution in [3.63, 3.8) is 0 Å². The Morgan fingerprint density at radius 3 is 2.23 bits per heavy atom. The van der Waals surface area contributed by atoms with Crippen LogP contribution < -0.4 is 5.32 Å². The summed E-state index contributed by atoms with van der Waals surface area (Å²) in [7, 11) is 0. The van der Waals surface area contributed by atoms with Crippen molar-refractivity contribution < 1.29 is 23.8 Å². The summed E-state index contributed by atoms with van der Waals surface area (Å²) in [6.07, 6.45) is 0.750. The molecule has 1 atom stereocenters. The summed E-state index contributed by atoms with van der Waals surface area (Å²) in [6, 6.07) is -0.616. The number of hydrogen-bond acceptors (Lipinski definition) is 5. The molecule has 7 nitrogen and oxygen atoms in total. The van der Waals surface area contributed by atoms with Crippen molar-refractivity contribution in [2.75, 3.05) is 26.3 Å². The van der Waals surface area contributed by atoms with Gasteiger partial charge >= 0.3 is 6.09 Å². The molecule has 2 amide bonds.